The Kier molecular flexibility index (Phi) is 4.78. The topological polar surface area (TPSA) is 42.0 Å². The van der Waals surface area contributed by atoms with Crippen LogP contribution in [0.5, 0.6) is 0 Å². The highest BCUT2D eigenvalue weighted by Gasteiger charge is 2.16. The Morgan fingerprint density at radius 3 is 2.53 bits per heavy atom. The molecule has 0 saturated heterocycles. The van der Waals surface area contributed by atoms with Gasteiger partial charge in [-0.25, -0.2) is 8.93 Å². The number of aromatic nitrogens is 1. The molecule has 2 heterocycles. The summed E-state index contributed by atoms with van der Waals surface area (Å²) in [6.07, 6.45) is 3.55. The Balaban J connectivity index is 2.05. The molecule has 102 valence electrons. The lowest BCUT2D eigenvalue weighted by Gasteiger charge is -2.18. The molecule has 0 fully saturated rings. The van der Waals surface area contributed by atoms with Gasteiger partial charge in [-0.1, -0.05) is 11.8 Å². The molecule has 6 heteroatoms. The third kappa shape index (κ3) is 4.72. The van der Waals surface area contributed by atoms with E-state index in [1.807, 2.05) is 45.0 Å². The number of hydrogen-bond acceptors (Lipinski definition) is 4. The number of nitrogens with one attached hydrogen (secondary N) is 1. The highest BCUT2D eigenvalue weighted by molar-refractivity contribution is 8.01. The molecule has 0 aliphatic rings. The molecule has 2 rings (SSSR count). The smallest absolute Gasteiger partial charge is 0.135 e. The van der Waals surface area contributed by atoms with Crippen LogP contribution in [0.15, 0.2) is 50.0 Å². The lowest BCUT2D eigenvalue weighted by atomic mass is 10.1. The number of hydrogen-bond donors (Lipinski definition) is 1. The molecule has 0 spiro atoms. The fraction of sp³-hybridized carbons (Fsp3) is 0.308. The molecular formula is C13H16N2OS3. The average Bonchev–Trinajstić information content (AvgIpc) is 2.77. The summed E-state index contributed by atoms with van der Waals surface area (Å²) < 4.78 is 17.2. The van der Waals surface area contributed by atoms with Crippen LogP contribution in [0, 0.1) is 0 Å². The summed E-state index contributed by atoms with van der Waals surface area (Å²) in [6, 6.07) is 7.86. The van der Waals surface area contributed by atoms with Crippen molar-refractivity contribution < 1.29 is 4.21 Å². The maximum atomic E-state index is 12.1. The van der Waals surface area contributed by atoms with Crippen LogP contribution in [-0.2, 0) is 11.0 Å². The Morgan fingerprint density at radius 2 is 1.89 bits per heavy atom. The first-order valence-electron chi connectivity index (χ1n) is 5.81. The van der Waals surface area contributed by atoms with Crippen molar-refractivity contribution in [3.63, 3.8) is 0 Å². The summed E-state index contributed by atoms with van der Waals surface area (Å²) in [5, 5.41) is 0. The molecular weight excluding hydrogens is 296 g/mol. The van der Waals surface area contributed by atoms with Crippen LogP contribution in [0.3, 0.4) is 0 Å². The zero-order valence-electron chi connectivity index (χ0n) is 11.0. The Labute approximate surface area is 124 Å². The normalized spacial score (nSPS) is 13.4. The molecule has 0 aromatic carbocycles. The maximum Gasteiger partial charge on any atom is 0.135 e. The van der Waals surface area contributed by atoms with E-state index in [0.29, 0.717) is 0 Å². The van der Waals surface area contributed by atoms with Crippen molar-refractivity contribution in [2.75, 3.05) is 0 Å². The minimum absolute atomic E-state index is 0.159. The second kappa shape index (κ2) is 6.17. The van der Waals surface area contributed by atoms with Gasteiger partial charge in [-0.05, 0) is 45.0 Å². The molecule has 2 aromatic rings. The number of nitrogens with zero attached hydrogens (tertiary/aromatic N) is 1. The molecule has 19 heavy (non-hydrogen) atoms. The van der Waals surface area contributed by atoms with Crippen LogP contribution >= 0.6 is 23.1 Å². The van der Waals surface area contributed by atoms with E-state index in [2.05, 4.69) is 9.71 Å². The van der Waals surface area contributed by atoms with Gasteiger partial charge in [0.05, 0.1) is 4.21 Å². The standard InChI is InChI=1S/C13H16N2OS3/c1-13(2,3)15-19(16)12-5-4-11(18-12)17-10-6-8-14-9-7-10/h4-9,15H,1-3H3. The SMILES string of the molecule is CC(C)(C)NS(=O)c1ccc(Sc2ccncc2)s1. The van der Waals surface area contributed by atoms with Gasteiger partial charge >= 0.3 is 0 Å². The summed E-state index contributed by atoms with van der Waals surface area (Å²) in [5.41, 5.74) is -0.159. The average molecular weight is 312 g/mol. The van der Waals surface area contributed by atoms with E-state index in [1.165, 1.54) is 0 Å². The monoisotopic (exact) mass is 312 g/mol. The molecule has 0 bridgehead atoms. The minimum atomic E-state index is -1.15. The number of thiophene rings is 1. The third-order valence-corrected chi connectivity index (χ3v) is 6.03. The van der Waals surface area contributed by atoms with Crippen molar-refractivity contribution in [3.8, 4) is 0 Å². The Bertz CT molecular complexity index is 561. The molecule has 2 aromatic heterocycles. The zero-order chi connectivity index (χ0) is 13.9. The van der Waals surface area contributed by atoms with Crippen LogP contribution < -0.4 is 4.72 Å². The lowest BCUT2D eigenvalue weighted by molar-refractivity contribution is 0.520. The Hall–Kier alpha value is -0.690. The van der Waals surface area contributed by atoms with Crippen LogP contribution in [0.2, 0.25) is 0 Å². The second-order valence-corrected chi connectivity index (χ2v) is 8.88. The van der Waals surface area contributed by atoms with Gasteiger partial charge in [-0.15, -0.1) is 11.3 Å². The van der Waals surface area contributed by atoms with E-state index in [-0.39, 0.29) is 5.54 Å². The van der Waals surface area contributed by atoms with Crippen molar-refractivity contribution in [3.05, 3.63) is 36.7 Å². The summed E-state index contributed by atoms with van der Waals surface area (Å²) in [4.78, 5) is 5.13. The molecule has 0 amide bonds. The third-order valence-electron chi connectivity index (χ3n) is 2.01. The van der Waals surface area contributed by atoms with Crippen molar-refractivity contribution in [2.24, 2.45) is 0 Å². The van der Waals surface area contributed by atoms with Gasteiger partial charge in [-0.2, -0.15) is 0 Å². The first-order chi connectivity index (χ1) is 8.94. The molecule has 3 nitrogen and oxygen atoms in total. The van der Waals surface area contributed by atoms with E-state index >= 15 is 0 Å². The van der Waals surface area contributed by atoms with Gasteiger partial charge in [0.15, 0.2) is 0 Å². The second-order valence-electron chi connectivity index (χ2n) is 4.98. The van der Waals surface area contributed by atoms with E-state index < -0.39 is 11.0 Å². The first kappa shape index (κ1) is 14.7. The highest BCUT2D eigenvalue weighted by Crippen LogP contribution is 2.34. The van der Waals surface area contributed by atoms with E-state index in [1.54, 1.807) is 35.5 Å². The molecule has 1 atom stereocenters. The van der Waals surface area contributed by atoms with Crippen molar-refractivity contribution in [2.45, 2.75) is 39.6 Å². The van der Waals surface area contributed by atoms with Crippen LogP contribution in [0.1, 0.15) is 20.8 Å². The Morgan fingerprint density at radius 1 is 1.21 bits per heavy atom. The first-order valence-corrected chi connectivity index (χ1v) is 8.60. The fourth-order valence-corrected chi connectivity index (χ4v) is 4.83. The summed E-state index contributed by atoms with van der Waals surface area (Å²) in [5.74, 6) is 0. The van der Waals surface area contributed by atoms with Crippen molar-refractivity contribution >= 4 is 34.1 Å². The number of pyridine rings is 1. The largest absolute Gasteiger partial charge is 0.265 e. The van der Waals surface area contributed by atoms with Crippen LogP contribution in [-0.4, -0.2) is 14.7 Å². The van der Waals surface area contributed by atoms with Gasteiger partial charge < -0.3 is 0 Å². The van der Waals surface area contributed by atoms with Gasteiger partial charge in [0.25, 0.3) is 0 Å². The van der Waals surface area contributed by atoms with Gasteiger partial charge in [0.1, 0.15) is 15.2 Å². The van der Waals surface area contributed by atoms with E-state index in [9.17, 15) is 4.21 Å². The predicted molar refractivity (Wildman–Crippen MR) is 82.0 cm³/mol. The summed E-state index contributed by atoms with van der Waals surface area (Å²) >= 11 is 3.22. The maximum absolute atomic E-state index is 12.1. The van der Waals surface area contributed by atoms with Crippen LogP contribution in [0.25, 0.3) is 0 Å². The fourth-order valence-electron chi connectivity index (χ4n) is 1.31. The highest BCUT2D eigenvalue weighted by atomic mass is 32.2. The predicted octanol–water partition coefficient (Wildman–Crippen LogP) is 3.71. The molecule has 1 N–H and O–H groups in total. The lowest BCUT2D eigenvalue weighted by Crippen LogP contribution is -2.36. The molecule has 0 aliphatic carbocycles. The van der Waals surface area contributed by atoms with E-state index in [4.69, 9.17) is 0 Å². The molecule has 0 radical (unpaired) electrons. The number of rotatable bonds is 4. The van der Waals surface area contributed by atoms with Crippen LogP contribution in [0.4, 0.5) is 0 Å². The van der Waals surface area contributed by atoms with Gasteiger partial charge in [0, 0.05) is 22.8 Å². The summed E-state index contributed by atoms with van der Waals surface area (Å²) in [6.45, 7) is 6.02. The van der Waals surface area contributed by atoms with Crippen molar-refractivity contribution in [1.82, 2.24) is 9.71 Å². The molecule has 1 unspecified atom stereocenters. The van der Waals surface area contributed by atoms with Gasteiger partial charge in [0.2, 0.25) is 0 Å². The zero-order valence-corrected chi connectivity index (χ0v) is 13.5. The van der Waals surface area contributed by atoms with Gasteiger partial charge in [-0.3, -0.25) is 4.98 Å². The molecule has 0 aliphatic heterocycles. The minimum Gasteiger partial charge on any atom is -0.265 e. The quantitative estimate of drug-likeness (QED) is 0.936. The van der Waals surface area contributed by atoms with E-state index in [0.717, 1.165) is 13.3 Å². The summed E-state index contributed by atoms with van der Waals surface area (Å²) in [7, 11) is -1.15. The molecule has 0 saturated carbocycles. The van der Waals surface area contributed by atoms with Crippen molar-refractivity contribution in [1.29, 1.82) is 0 Å².